The van der Waals surface area contributed by atoms with Crippen molar-refractivity contribution in [3.63, 3.8) is 0 Å². The summed E-state index contributed by atoms with van der Waals surface area (Å²) in [4.78, 5) is 2.39. The van der Waals surface area contributed by atoms with Gasteiger partial charge in [-0.3, -0.25) is 4.90 Å². The molecule has 0 aromatic heterocycles. The second kappa shape index (κ2) is 6.98. The third-order valence-electron chi connectivity index (χ3n) is 3.33. The van der Waals surface area contributed by atoms with Crippen LogP contribution in [0.3, 0.4) is 0 Å². The third kappa shape index (κ3) is 4.00. The maximum Gasteiger partial charge on any atom is 0.143 e. The lowest BCUT2D eigenvalue weighted by Gasteiger charge is -2.26. The Balaban J connectivity index is 1.89. The number of aryl methyl sites for hydroxylation is 1. The SMILES string of the molecule is COc1cc(Cl)c(C)cc1NCCN1CCOCC1. The minimum Gasteiger partial charge on any atom is -0.495 e. The molecular formula is C14H21ClN2O2. The van der Waals surface area contributed by atoms with Crippen LogP contribution in [-0.2, 0) is 4.74 Å². The Bertz CT molecular complexity index is 420. The van der Waals surface area contributed by atoms with Crippen LogP contribution in [0.25, 0.3) is 0 Å². The number of ether oxygens (including phenoxy) is 2. The highest BCUT2D eigenvalue weighted by atomic mass is 35.5. The molecule has 2 rings (SSSR count). The molecule has 106 valence electrons. The first-order valence-corrected chi connectivity index (χ1v) is 6.96. The molecule has 0 atom stereocenters. The van der Waals surface area contributed by atoms with Gasteiger partial charge < -0.3 is 14.8 Å². The Labute approximate surface area is 119 Å². The molecule has 1 saturated heterocycles. The molecule has 1 aromatic carbocycles. The number of benzene rings is 1. The van der Waals surface area contributed by atoms with E-state index in [0.29, 0.717) is 0 Å². The number of rotatable bonds is 5. The lowest BCUT2D eigenvalue weighted by Crippen LogP contribution is -2.39. The van der Waals surface area contributed by atoms with Crippen LogP contribution in [0.1, 0.15) is 5.56 Å². The maximum atomic E-state index is 6.09. The van der Waals surface area contributed by atoms with E-state index in [9.17, 15) is 0 Å². The number of nitrogens with zero attached hydrogens (tertiary/aromatic N) is 1. The summed E-state index contributed by atoms with van der Waals surface area (Å²) in [5.74, 6) is 0.789. The molecule has 1 aliphatic heterocycles. The van der Waals surface area contributed by atoms with Gasteiger partial charge in [0.2, 0.25) is 0 Å². The van der Waals surface area contributed by atoms with Gasteiger partial charge in [0.1, 0.15) is 5.75 Å². The first-order chi connectivity index (χ1) is 9.20. The van der Waals surface area contributed by atoms with E-state index < -0.39 is 0 Å². The molecule has 1 aliphatic rings. The fourth-order valence-electron chi connectivity index (χ4n) is 2.14. The Morgan fingerprint density at radius 3 is 2.79 bits per heavy atom. The minimum atomic E-state index is 0.732. The van der Waals surface area contributed by atoms with Gasteiger partial charge in [-0.25, -0.2) is 0 Å². The number of hydrogen-bond donors (Lipinski definition) is 1. The van der Waals surface area contributed by atoms with Crippen LogP contribution in [-0.4, -0.2) is 51.4 Å². The Hall–Kier alpha value is -0.970. The van der Waals surface area contributed by atoms with Gasteiger partial charge in [-0.2, -0.15) is 0 Å². The zero-order valence-electron chi connectivity index (χ0n) is 11.5. The molecule has 0 aliphatic carbocycles. The number of methoxy groups -OCH3 is 1. The molecule has 0 spiro atoms. The maximum absolute atomic E-state index is 6.09. The lowest BCUT2D eigenvalue weighted by molar-refractivity contribution is 0.0398. The van der Waals surface area contributed by atoms with E-state index in [-0.39, 0.29) is 0 Å². The van der Waals surface area contributed by atoms with Gasteiger partial charge in [0, 0.05) is 37.3 Å². The van der Waals surface area contributed by atoms with Gasteiger partial charge in [-0.1, -0.05) is 11.6 Å². The van der Waals surface area contributed by atoms with E-state index >= 15 is 0 Å². The van der Waals surface area contributed by atoms with Gasteiger partial charge in [0.15, 0.2) is 0 Å². The summed E-state index contributed by atoms with van der Waals surface area (Å²) in [6.07, 6.45) is 0. The van der Waals surface area contributed by atoms with Crippen LogP contribution in [0.5, 0.6) is 5.75 Å². The summed E-state index contributed by atoms with van der Waals surface area (Å²) < 4.78 is 10.7. The summed E-state index contributed by atoms with van der Waals surface area (Å²) in [5, 5.41) is 4.15. The first kappa shape index (κ1) is 14.4. The smallest absolute Gasteiger partial charge is 0.143 e. The Kier molecular flexibility index (Phi) is 5.31. The van der Waals surface area contributed by atoms with Crippen molar-refractivity contribution in [2.75, 3.05) is 51.8 Å². The lowest BCUT2D eigenvalue weighted by atomic mass is 10.2. The monoisotopic (exact) mass is 284 g/mol. The second-order valence-electron chi connectivity index (χ2n) is 4.68. The molecule has 0 unspecified atom stereocenters. The molecule has 0 amide bonds. The first-order valence-electron chi connectivity index (χ1n) is 6.59. The minimum absolute atomic E-state index is 0.732. The highest BCUT2D eigenvalue weighted by molar-refractivity contribution is 6.31. The van der Waals surface area contributed by atoms with Crippen LogP contribution < -0.4 is 10.1 Å². The van der Waals surface area contributed by atoms with Crippen LogP contribution in [0.15, 0.2) is 12.1 Å². The molecule has 5 heteroatoms. The summed E-state index contributed by atoms with van der Waals surface area (Å²) in [5.41, 5.74) is 2.05. The van der Waals surface area contributed by atoms with E-state index in [1.165, 1.54) is 0 Å². The van der Waals surface area contributed by atoms with Crippen molar-refractivity contribution in [3.8, 4) is 5.75 Å². The van der Waals surface area contributed by atoms with E-state index in [1.807, 2.05) is 19.1 Å². The zero-order chi connectivity index (χ0) is 13.7. The molecule has 4 nitrogen and oxygen atoms in total. The van der Waals surface area contributed by atoms with Crippen molar-refractivity contribution < 1.29 is 9.47 Å². The summed E-state index contributed by atoms with van der Waals surface area (Å²) >= 11 is 6.09. The van der Waals surface area contributed by atoms with E-state index in [2.05, 4.69) is 10.2 Å². The van der Waals surface area contributed by atoms with Crippen molar-refractivity contribution in [1.82, 2.24) is 4.90 Å². The van der Waals surface area contributed by atoms with Crippen molar-refractivity contribution >= 4 is 17.3 Å². The van der Waals surface area contributed by atoms with Gasteiger partial charge in [-0.05, 0) is 18.6 Å². The zero-order valence-corrected chi connectivity index (χ0v) is 12.3. The Morgan fingerprint density at radius 2 is 2.11 bits per heavy atom. The molecule has 0 radical (unpaired) electrons. The normalized spacial score (nSPS) is 16.4. The van der Waals surface area contributed by atoms with Gasteiger partial charge in [0.25, 0.3) is 0 Å². The highest BCUT2D eigenvalue weighted by Gasteiger charge is 2.10. The standard InChI is InChI=1S/C14H21ClN2O2/c1-11-9-13(14(18-2)10-12(11)15)16-3-4-17-5-7-19-8-6-17/h9-10,16H,3-8H2,1-2H3. The van der Waals surface area contributed by atoms with E-state index in [4.69, 9.17) is 21.1 Å². The predicted molar refractivity (Wildman–Crippen MR) is 78.5 cm³/mol. The summed E-state index contributed by atoms with van der Waals surface area (Å²) in [6, 6.07) is 3.88. The molecule has 19 heavy (non-hydrogen) atoms. The van der Waals surface area contributed by atoms with Crippen LogP contribution in [0, 0.1) is 6.92 Å². The molecule has 0 bridgehead atoms. The van der Waals surface area contributed by atoms with Gasteiger partial charge in [0.05, 0.1) is 26.0 Å². The fraction of sp³-hybridized carbons (Fsp3) is 0.571. The summed E-state index contributed by atoms with van der Waals surface area (Å²) in [6.45, 7) is 7.59. The molecule has 1 fully saturated rings. The molecule has 0 saturated carbocycles. The average molecular weight is 285 g/mol. The molecule has 1 heterocycles. The fourth-order valence-corrected chi connectivity index (χ4v) is 2.30. The Morgan fingerprint density at radius 1 is 1.37 bits per heavy atom. The second-order valence-corrected chi connectivity index (χ2v) is 5.09. The number of nitrogens with one attached hydrogen (secondary N) is 1. The molecule has 1 aromatic rings. The molecular weight excluding hydrogens is 264 g/mol. The largest absolute Gasteiger partial charge is 0.495 e. The topological polar surface area (TPSA) is 33.7 Å². The van der Waals surface area contributed by atoms with Crippen LogP contribution in [0.2, 0.25) is 5.02 Å². The number of anilines is 1. The third-order valence-corrected chi connectivity index (χ3v) is 3.74. The van der Waals surface area contributed by atoms with Crippen molar-refractivity contribution in [3.05, 3.63) is 22.7 Å². The number of halogens is 1. The summed E-state index contributed by atoms with van der Waals surface area (Å²) in [7, 11) is 1.66. The highest BCUT2D eigenvalue weighted by Crippen LogP contribution is 2.30. The predicted octanol–water partition coefficient (Wildman–Crippen LogP) is 2.40. The number of morpholine rings is 1. The van der Waals surface area contributed by atoms with Crippen molar-refractivity contribution in [2.24, 2.45) is 0 Å². The number of hydrogen-bond acceptors (Lipinski definition) is 4. The quantitative estimate of drug-likeness (QED) is 0.900. The van der Waals surface area contributed by atoms with Crippen molar-refractivity contribution in [1.29, 1.82) is 0 Å². The van der Waals surface area contributed by atoms with Gasteiger partial charge >= 0.3 is 0 Å². The average Bonchev–Trinajstić information content (AvgIpc) is 2.43. The van der Waals surface area contributed by atoms with Crippen LogP contribution in [0.4, 0.5) is 5.69 Å². The van der Waals surface area contributed by atoms with Crippen LogP contribution >= 0.6 is 11.6 Å². The van der Waals surface area contributed by atoms with E-state index in [1.54, 1.807) is 7.11 Å². The molecule has 1 N–H and O–H groups in total. The van der Waals surface area contributed by atoms with E-state index in [0.717, 1.165) is 61.4 Å². The van der Waals surface area contributed by atoms with Crippen molar-refractivity contribution in [2.45, 2.75) is 6.92 Å². The van der Waals surface area contributed by atoms with Gasteiger partial charge in [-0.15, -0.1) is 0 Å².